The average Bonchev–Trinajstić information content (AvgIpc) is 4.04. The van der Waals surface area contributed by atoms with E-state index in [2.05, 4.69) is 126 Å². The van der Waals surface area contributed by atoms with Crippen LogP contribution in [0.4, 0.5) is 8.78 Å². The van der Waals surface area contributed by atoms with Crippen LogP contribution in [0.25, 0.3) is 33.6 Å². The first-order valence-corrected chi connectivity index (χ1v) is 21.1. The predicted molar refractivity (Wildman–Crippen MR) is 251 cm³/mol. The Bertz CT molecular complexity index is 1820. The van der Waals surface area contributed by atoms with E-state index in [1.807, 2.05) is 54.7 Å². The van der Waals surface area contributed by atoms with Crippen LogP contribution in [0.2, 0.25) is 0 Å². The highest BCUT2D eigenvalue weighted by Gasteiger charge is 2.32. The molecular formula is C48H72F2N8O4. The molecule has 2 atom stereocenters. The summed E-state index contributed by atoms with van der Waals surface area (Å²) in [6.45, 7) is 15.4. The highest BCUT2D eigenvalue weighted by molar-refractivity contribution is 5.71. The molecule has 0 radical (unpaired) electrons. The number of carbonyl (C=O) groups is 3. The van der Waals surface area contributed by atoms with E-state index >= 15 is 0 Å². The number of aldehydes is 2. The van der Waals surface area contributed by atoms with E-state index in [-0.39, 0.29) is 12.5 Å². The summed E-state index contributed by atoms with van der Waals surface area (Å²) in [5, 5.41) is 12.6. The normalized spacial score (nSPS) is 13.6. The molecule has 12 nitrogen and oxygen atoms in total. The second-order valence-electron chi connectivity index (χ2n) is 14.0. The Morgan fingerprint density at radius 1 is 0.806 bits per heavy atom. The maximum atomic E-state index is 13.7. The molecule has 0 aliphatic carbocycles. The fourth-order valence-corrected chi connectivity index (χ4v) is 5.94. The Hall–Kier alpha value is -5.41. The minimum absolute atomic E-state index is 0.0136. The second-order valence-corrected chi connectivity index (χ2v) is 14.0. The Labute approximate surface area is 369 Å². The third-order valence-corrected chi connectivity index (χ3v) is 8.74. The predicted octanol–water partition coefficient (Wildman–Crippen LogP) is 8.84. The number of alkyl halides is 2. The van der Waals surface area contributed by atoms with Crippen LogP contribution in [0.3, 0.4) is 0 Å². The molecule has 5 aromatic rings. The summed E-state index contributed by atoms with van der Waals surface area (Å²) in [5.41, 5.74) is 7.58. The molecule has 5 N–H and O–H groups in total. The van der Waals surface area contributed by atoms with Gasteiger partial charge in [-0.1, -0.05) is 120 Å². The van der Waals surface area contributed by atoms with Gasteiger partial charge in [-0.15, -0.1) is 0 Å². The number of rotatable bonds is 14. The minimum atomic E-state index is -0.785. The molecule has 3 aromatic carbocycles. The number of carboxylic acid groups (broad SMARTS) is 1. The zero-order valence-corrected chi connectivity index (χ0v) is 38.3. The van der Waals surface area contributed by atoms with Crippen molar-refractivity contribution in [3.8, 4) is 33.6 Å². The van der Waals surface area contributed by atoms with Crippen molar-refractivity contribution in [2.24, 2.45) is 0 Å². The number of likely N-dealkylation sites (tertiary alicyclic amines) is 1. The smallest absolute Gasteiger partial charge is 0.290 e. The summed E-state index contributed by atoms with van der Waals surface area (Å²) >= 11 is 0. The molecule has 342 valence electrons. The van der Waals surface area contributed by atoms with Crippen molar-refractivity contribution in [3.05, 3.63) is 108 Å². The molecule has 14 heteroatoms. The third kappa shape index (κ3) is 23.0. The van der Waals surface area contributed by atoms with E-state index in [4.69, 9.17) is 9.90 Å². The van der Waals surface area contributed by atoms with Crippen LogP contribution < -0.4 is 10.6 Å². The number of aromatic nitrogens is 4. The number of aromatic amines is 2. The van der Waals surface area contributed by atoms with Gasteiger partial charge in [-0.2, -0.15) is 0 Å². The average molecular weight is 863 g/mol. The number of benzene rings is 3. The lowest BCUT2D eigenvalue weighted by Gasteiger charge is -2.15. The van der Waals surface area contributed by atoms with Crippen molar-refractivity contribution in [2.75, 3.05) is 61.0 Å². The zero-order valence-electron chi connectivity index (χ0n) is 38.3. The molecule has 2 unspecified atom stereocenters. The monoisotopic (exact) mass is 863 g/mol. The number of likely N-dealkylation sites (N-methyl/N-ethyl adjacent to an activating group) is 1. The molecule has 0 amide bonds. The number of H-pyrrole nitrogens is 2. The molecule has 1 aliphatic heterocycles. The first kappa shape index (κ1) is 56.6. The van der Waals surface area contributed by atoms with Gasteiger partial charge in [-0.25, -0.2) is 14.4 Å². The highest BCUT2D eigenvalue weighted by Crippen LogP contribution is 2.32. The largest absolute Gasteiger partial charge is 0.483 e. The maximum Gasteiger partial charge on any atom is 0.290 e. The first-order chi connectivity index (χ1) is 30.1. The molecule has 1 aliphatic rings. The van der Waals surface area contributed by atoms with Gasteiger partial charge in [0.15, 0.2) is 0 Å². The molecule has 0 spiro atoms. The minimum Gasteiger partial charge on any atom is -0.483 e. The van der Waals surface area contributed by atoms with E-state index in [9.17, 15) is 18.4 Å². The number of hydrogen-bond acceptors (Lipinski definition) is 9. The van der Waals surface area contributed by atoms with Crippen molar-refractivity contribution in [1.29, 1.82) is 0 Å². The van der Waals surface area contributed by atoms with Crippen LogP contribution >= 0.6 is 0 Å². The molecular weight excluding hydrogens is 791 g/mol. The lowest BCUT2D eigenvalue weighted by Crippen LogP contribution is -2.19. The fraction of sp³-hybridized carbons (Fsp3) is 0.438. The SMILES string of the molecule is CCC.CCCN(C)Cc1ncc(-c2ccc(-c3ccc(-c4cnc(C5CC(F)CN5C)[nH]4)cc3)cc2)[nH]1.CCNCC.CF.CNCC=O.O=CCc1ccccc1.O=CO. The summed E-state index contributed by atoms with van der Waals surface area (Å²) in [5.74, 6) is 1.82. The van der Waals surface area contributed by atoms with Crippen LogP contribution in [0.15, 0.2) is 91.3 Å². The molecule has 0 bridgehead atoms. The summed E-state index contributed by atoms with van der Waals surface area (Å²) < 4.78 is 23.2. The highest BCUT2D eigenvalue weighted by atomic mass is 19.1. The van der Waals surface area contributed by atoms with Gasteiger partial charge in [0.25, 0.3) is 6.47 Å². The van der Waals surface area contributed by atoms with Gasteiger partial charge < -0.3 is 35.3 Å². The Balaban J connectivity index is 0.00000112. The summed E-state index contributed by atoms with van der Waals surface area (Å²) in [7, 11) is 6.30. The van der Waals surface area contributed by atoms with Crippen molar-refractivity contribution < 1.29 is 28.3 Å². The molecule has 6 rings (SSSR count). The molecule has 1 saturated heterocycles. The standard InChI is InChI=1S/C28H33FN6.C8H8O.C4H11N.C3H7NO.C3H8.CH3F.CH2O2/c1-4-13-34(2)18-27-30-15-24(32-27)21-9-5-19(6-10-21)20-7-11-22(12-8-20)25-16-31-28(33-25)26-14-23(29)17-35(26)3;9-7-6-8-4-2-1-3-5-8;1-3-5-4-2;1-4-2-3-5;1-3-2;1-2;2-1-3/h5-12,15-16,23,26H,4,13-14,17-18H2,1-3H3,(H,30,32)(H,31,33);1-5,7H,6H2;5H,3-4H2,1-2H3;3-4H,2H2,1H3;3H2,1-2H3;1H3;1H,(H,2,3). The topological polar surface area (TPSA) is 159 Å². The number of hydrogen-bond donors (Lipinski definition) is 5. The number of imidazole rings is 2. The van der Waals surface area contributed by atoms with Crippen LogP contribution in [0.5, 0.6) is 0 Å². The summed E-state index contributed by atoms with van der Waals surface area (Å²) in [6, 6.07) is 26.7. The van der Waals surface area contributed by atoms with Gasteiger partial charge in [0.1, 0.15) is 30.4 Å². The van der Waals surface area contributed by atoms with E-state index in [0.717, 1.165) is 96.0 Å². The van der Waals surface area contributed by atoms with Crippen LogP contribution in [-0.4, -0.2) is 121 Å². The van der Waals surface area contributed by atoms with Gasteiger partial charge in [0, 0.05) is 19.4 Å². The van der Waals surface area contributed by atoms with Crippen LogP contribution in [0, 0.1) is 0 Å². The molecule has 0 saturated carbocycles. The van der Waals surface area contributed by atoms with E-state index < -0.39 is 6.17 Å². The van der Waals surface area contributed by atoms with Crippen LogP contribution in [-0.2, 0) is 27.3 Å². The van der Waals surface area contributed by atoms with Gasteiger partial charge in [0.05, 0.1) is 50.1 Å². The van der Waals surface area contributed by atoms with Crippen molar-refractivity contribution >= 4 is 19.0 Å². The number of nitrogens with zero attached hydrogens (tertiary/aromatic N) is 4. The lowest BCUT2D eigenvalue weighted by molar-refractivity contribution is -0.123. The second kappa shape index (κ2) is 36.3. The lowest BCUT2D eigenvalue weighted by atomic mass is 10.0. The Kier molecular flexibility index (Phi) is 33.1. The molecule has 62 heavy (non-hydrogen) atoms. The molecule has 1 fully saturated rings. The van der Waals surface area contributed by atoms with Gasteiger partial charge in [-0.3, -0.25) is 19.0 Å². The molecule has 3 heterocycles. The number of carbonyl (C=O) groups excluding carboxylic acids is 2. The maximum absolute atomic E-state index is 13.7. The first-order valence-electron chi connectivity index (χ1n) is 21.1. The Morgan fingerprint density at radius 3 is 1.71 bits per heavy atom. The van der Waals surface area contributed by atoms with Gasteiger partial charge in [-0.05, 0) is 75.0 Å². The van der Waals surface area contributed by atoms with Crippen LogP contribution in [0.1, 0.15) is 77.1 Å². The quantitative estimate of drug-likeness (QED) is 0.0683. The third-order valence-electron chi connectivity index (χ3n) is 8.74. The fourth-order valence-electron chi connectivity index (χ4n) is 5.94. The van der Waals surface area contributed by atoms with Gasteiger partial charge in [0.2, 0.25) is 0 Å². The van der Waals surface area contributed by atoms with E-state index in [0.29, 0.717) is 33.1 Å². The zero-order chi connectivity index (χ0) is 46.5. The Morgan fingerprint density at radius 2 is 1.31 bits per heavy atom. The van der Waals surface area contributed by atoms with E-state index in [1.54, 1.807) is 7.05 Å². The van der Waals surface area contributed by atoms with Gasteiger partial charge >= 0.3 is 0 Å². The van der Waals surface area contributed by atoms with Crippen molar-refractivity contribution in [2.45, 2.75) is 79.1 Å². The van der Waals surface area contributed by atoms with E-state index in [1.165, 1.54) is 6.42 Å². The summed E-state index contributed by atoms with van der Waals surface area (Å²) in [6.07, 6.45) is 8.11. The van der Waals surface area contributed by atoms with Crippen molar-refractivity contribution in [3.63, 3.8) is 0 Å². The number of halogens is 2. The summed E-state index contributed by atoms with van der Waals surface area (Å²) in [4.78, 5) is 47.9. The molecule has 2 aromatic heterocycles. The van der Waals surface area contributed by atoms with Crippen molar-refractivity contribution in [1.82, 2.24) is 40.4 Å². The number of nitrogens with one attached hydrogen (secondary N) is 4.